The summed E-state index contributed by atoms with van der Waals surface area (Å²) in [4.78, 5) is 21.2. The van der Waals surface area contributed by atoms with Crippen LogP contribution in [0, 0.1) is 5.82 Å². The summed E-state index contributed by atoms with van der Waals surface area (Å²) in [5.41, 5.74) is 0.0748. The Kier molecular flexibility index (Phi) is 9.53. The van der Waals surface area contributed by atoms with Crippen molar-refractivity contribution in [3.63, 3.8) is 0 Å². The van der Waals surface area contributed by atoms with E-state index in [9.17, 15) is 18.0 Å². The summed E-state index contributed by atoms with van der Waals surface area (Å²) in [5, 5.41) is 2.68. The molecule has 1 unspecified atom stereocenters. The fourth-order valence-corrected chi connectivity index (χ4v) is 4.46. The number of alkyl halides is 2. The molecule has 3 rings (SSSR count). The van der Waals surface area contributed by atoms with Crippen LogP contribution in [0.5, 0.6) is 5.88 Å². The highest BCUT2D eigenvalue weighted by Crippen LogP contribution is 2.34. The molecule has 12 heteroatoms. The van der Waals surface area contributed by atoms with Gasteiger partial charge in [0.2, 0.25) is 5.88 Å². The van der Waals surface area contributed by atoms with Gasteiger partial charge in [0.1, 0.15) is 5.82 Å². The fraction of sp³-hybridized carbons (Fsp3) is 0.429. The molecule has 1 aromatic heterocycles. The van der Waals surface area contributed by atoms with E-state index in [-0.39, 0.29) is 22.0 Å². The number of hydrogen-bond acceptors (Lipinski definition) is 6. The third kappa shape index (κ3) is 6.67. The molecule has 0 saturated carbocycles. The quantitative estimate of drug-likeness (QED) is 0.287. The van der Waals surface area contributed by atoms with Crippen molar-refractivity contribution >= 4 is 63.4 Å². The molecular weight excluding hydrogens is 636 g/mol. The molecular formula is C21H23BrF3IN4O2S. The van der Waals surface area contributed by atoms with Crippen molar-refractivity contribution < 1.29 is 22.7 Å². The Morgan fingerprint density at radius 1 is 1.39 bits per heavy atom. The van der Waals surface area contributed by atoms with Crippen LogP contribution in [0.4, 0.5) is 24.5 Å². The number of nitrogens with one attached hydrogen (secondary N) is 1. The normalized spacial score (nSPS) is 16.8. The number of pyridine rings is 1. The molecule has 180 valence electrons. The Hall–Kier alpha value is -1.25. The second-order valence-corrected chi connectivity index (χ2v) is 10.9. The van der Waals surface area contributed by atoms with E-state index < -0.39 is 23.7 Å². The molecule has 0 radical (unpaired) electrons. The van der Waals surface area contributed by atoms with Gasteiger partial charge in [-0.3, -0.25) is 4.79 Å². The van der Waals surface area contributed by atoms with Crippen molar-refractivity contribution in [1.82, 2.24) is 9.88 Å². The Labute approximate surface area is 215 Å². The van der Waals surface area contributed by atoms with Crippen molar-refractivity contribution in [2.45, 2.75) is 19.4 Å². The molecule has 1 aliphatic heterocycles. The van der Waals surface area contributed by atoms with Crippen LogP contribution in [-0.2, 0) is 0 Å². The minimum absolute atomic E-state index is 0.0314. The van der Waals surface area contributed by atoms with Crippen LogP contribution in [0.25, 0.3) is 0 Å². The monoisotopic (exact) mass is 658 g/mol. The SMILES string of the molecule is CC1CN(c2cc(F)c(Br)cc2NC(=O)c2cnc(OCCSI)cc2C(F)F)CCN1C. The standard InChI is InChI=1S/C21H23BrF3IN4O2S/c1-12-11-30(4-3-29(12)2)18-9-16(23)15(22)8-17(18)28-21(31)14-10-27-19(32-5-6-33-26)7-13(14)20(24)25/h7-10,12,20H,3-6,11H2,1-2H3,(H,28,31). The predicted molar refractivity (Wildman–Crippen MR) is 138 cm³/mol. The van der Waals surface area contributed by atoms with Gasteiger partial charge in [-0.15, -0.1) is 0 Å². The molecule has 0 aliphatic carbocycles. The van der Waals surface area contributed by atoms with Crippen molar-refractivity contribution in [2.75, 3.05) is 49.3 Å². The molecule has 1 fully saturated rings. The molecule has 1 amide bonds. The summed E-state index contributed by atoms with van der Waals surface area (Å²) in [7, 11) is 3.54. The zero-order valence-corrected chi connectivity index (χ0v) is 22.5. The lowest BCUT2D eigenvalue weighted by atomic mass is 10.1. The number of anilines is 2. The van der Waals surface area contributed by atoms with Crippen LogP contribution in [0.1, 0.15) is 29.3 Å². The maximum Gasteiger partial charge on any atom is 0.264 e. The van der Waals surface area contributed by atoms with E-state index in [1.807, 2.05) is 11.9 Å². The lowest BCUT2D eigenvalue weighted by Crippen LogP contribution is -2.50. The molecule has 2 heterocycles. The van der Waals surface area contributed by atoms with Crippen LogP contribution < -0.4 is 15.0 Å². The number of piperazine rings is 1. The van der Waals surface area contributed by atoms with Crippen LogP contribution in [-0.4, -0.2) is 60.9 Å². The Morgan fingerprint density at radius 3 is 2.82 bits per heavy atom. The van der Waals surface area contributed by atoms with Gasteiger partial charge in [0.15, 0.2) is 0 Å². The van der Waals surface area contributed by atoms with Gasteiger partial charge in [0, 0.05) is 55.3 Å². The third-order valence-corrected chi connectivity index (χ3v) is 7.64. The first-order valence-electron chi connectivity index (χ1n) is 10.1. The molecule has 1 aromatic carbocycles. The number of aromatic nitrogens is 1. The number of rotatable bonds is 8. The Morgan fingerprint density at radius 2 is 2.15 bits per heavy atom. The topological polar surface area (TPSA) is 57.7 Å². The van der Waals surface area contributed by atoms with E-state index in [0.29, 0.717) is 36.8 Å². The number of ether oxygens (including phenoxy) is 1. The van der Waals surface area contributed by atoms with Gasteiger partial charge in [-0.25, -0.2) is 18.2 Å². The van der Waals surface area contributed by atoms with Crippen molar-refractivity contribution in [3.8, 4) is 5.88 Å². The molecule has 0 bridgehead atoms. The van der Waals surface area contributed by atoms with Gasteiger partial charge in [-0.2, -0.15) is 0 Å². The smallest absolute Gasteiger partial charge is 0.264 e. The van der Waals surface area contributed by atoms with Crippen LogP contribution in [0.2, 0.25) is 0 Å². The van der Waals surface area contributed by atoms with Gasteiger partial charge in [0.05, 0.1) is 28.0 Å². The number of amides is 1. The average Bonchev–Trinajstić information content (AvgIpc) is 2.78. The summed E-state index contributed by atoms with van der Waals surface area (Å²) in [6.07, 6.45) is -1.81. The first-order chi connectivity index (χ1) is 15.7. The van der Waals surface area contributed by atoms with E-state index >= 15 is 0 Å². The molecule has 1 atom stereocenters. The van der Waals surface area contributed by atoms with Crippen LogP contribution in [0.15, 0.2) is 28.9 Å². The van der Waals surface area contributed by atoms with E-state index in [2.05, 4.69) is 59.3 Å². The maximum atomic E-state index is 14.4. The molecule has 1 N–H and O–H groups in total. The van der Waals surface area contributed by atoms with E-state index in [1.54, 1.807) is 0 Å². The minimum Gasteiger partial charge on any atom is -0.477 e. The fourth-order valence-electron chi connectivity index (χ4n) is 3.43. The molecule has 1 aliphatic rings. The van der Waals surface area contributed by atoms with E-state index in [1.165, 1.54) is 21.1 Å². The number of likely N-dealkylation sites (N-methyl/N-ethyl adjacent to an activating group) is 1. The lowest BCUT2D eigenvalue weighted by molar-refractivity contribution is 0.101. The number of benzene rings is 1. The zero-order valence-electron chi connectivity index (χ0n) is 18.0. The zero-order chi connectivity index (χ0) is 24.1. The number of carbonyl (C=O) groups is 1. The van der Waals surface area contributed by atoms with Crippen molar-refractivity contribution in [3.05, 3.63) is 45.8 Å². The van der Waals surface area contributed by atoms with E-state index in [0.717, 1.165) is 18.8 Å². The highest BCUT2D eigenvalue weighted by molar-refractivity contribution is 14.2. The van der Waals surface area contributed by atoms with Gasteiger partial charge in [-0.1, -0.05) is 8.93 Å². The second kappa shape index (κ2) is 11.9. The first-order valence-corrected chi connectivity index (χ1v) is 14.4. The summed E-state index contributed by atoms with van der Waals surface area (Å²) in [6.45, 7) is 4.40. The molecule has 6 nitrogen and oxygen atoms in total. The maximum absolute atomic E-state index is 14.4. The molecule has 33 heavy (non-hydrogen) atoms. The van der Waals surface area contributed by atoms with Crippen LogP contribution >= 0.6 is 46.1 Å². The van der Waals surface area contributed by atoms with Gasteiger partial charge in [-0.05, 0) is 57.2 Å². The number of hydrogen-bond donors (Lipinski definition) is 1. The van der Waals surface area contributed by atoms with Crippen molar-refractivity contribution in [2.24, 2.45) is 0 Å². The molecule has 0 spiro atoms. The Balaban J connectivity index is 1.88. The number of nitrogens with zero attached hydrogens (tertiary/aromatic N) is 3. The predicted octanol–water partition coefficient (Wildman–Crippen LogP) is 5.78. The lowest BCUT2D eigenvalue weighted by Gasteiger charge is -2.39. The Bertz CT molecular complexity index is 1000. The van der Waals surface area contributed by atoms with Crippen molar-refractivity contribution in [1.29, 1.82) is 0 Å². The summed E-state index contributed by atoms with van der Waals surface area (Å²) < 4.78 is 47.4. The molecule has 1 saturated heterocycles. The minimum atomic E-state index is -2.90. The van der Waals surface area contributed by atoms with Gasteiger partial charge < -0.3 is 19.9 Å². The third-order valence-electron chi connectivity index (χ3n) is 5.39. The van der Waals surface area contributed by atoms with Gasteiger partial charge in [0.25, 0.3) is 12.3 Å². The summed E-state index contributed by atoms with van der Waals surface area (Å²) in [6, 6.07) is 4.09. The number of carbonyl (C=O) groups excluding carboxylic acids is 1. The summed E-state index contributed by atoms with van der Waals surface area (Å²) in [5.74, 6) is -0.532. The largest absolute Gasteiger partial charge is 0.477 e. The summed E-state index contributed by atoms with van der Waals surface area (Å²) >= 11 is 5.25. The highest BCUT2D eigenvalue weighted by atomic mass is 127. The average molecular weight is 659 g/mol. The van der Waals surface area contributed by atoms with E-state index in [4.69, 9.17) is 4.74 Å². The molecule has 2 aromatic rings. The van der Waals surface area contributed by atoms with Crippen LogP contribution in [0.3, 0.4) is 0 Å². The second-order valence-electron chi connectivity index (χ2n) is 7.59. The number of halogens is 5. The first kappa shape index (κ1) is 26.4. The highest BCUT2D eigenvalue weighted by Gasteiger charge is 2.26. The van der Waals surface area contributed by atoms with Gasteiger partial charge >= 0.3 is 0 Å².